The van der Waals surface area contributed by atoms with Crippen LogP contribution in [0.2, 0.25) is 0 Å². The van der Waals surface area contributed by atoms with Crippen molar-refractivity contribution in [2.45, 2.75) is 25.4 Å². The van der Waals surface area contributed by atoms with Crippen LogP contribution in [0.1, 0.15) is 30.4 Å². The molecule has 0 radical (unpaired) electrons. The van der Waals surface area contributed by atoms with Crippen LogP contribution < -0.4 is 4.90 Å². The third-order valence-corrected chi connectivity index (χ3v) is 3.23. The molecule has 2 rings (SSSR count). The summed E-state index contributed by atoms with van der Waals surface area (Å²) in [6, 6.07) is 3.75. The van der Waals surface area contributed by atoms with Gasteiger partial charge >= 0.3 is 6.18 Å². The summed E-state index contributed by atoms with van der Waals surface area (Å²) in [7, 11) is 1.83. The fourth-order valence-corrected chi connectivity index (χ4v) is 2.45. The highest BCUT2D eigenvalue weighted by Gasteiger charge is 2.34. The van der Waals surface area contributed by atoms with E-state index in [-0.39, 0.29) is 11.7 Å². The minimum absolute atomic E-state index is 0.00124. The third-order valence-electron chi connectivity index (χ3n) is 3.23. The number of anilines is 1. The van der Waals surface area contributed by atoms with Gasteiger partial charge in [0, 0.05) is 31.6 Å². The summed E-state index contributed by atoms with van der Waals surface area (Å²) in [5.74, 6) is -0.136. The first-order chi connectivity index (χ1) is 8.29. The highest BCUT2D eigenvalue weighted by Crippen LogP contribution is 2.41. The van der Waals surface area contributed by atoms with Gasteiger partial charge < -0.3 is 9.69 Å². The number of nitrogens with zero attached hydrogens (tertiary/aromatic N) is 1. The summed E-state index contributed by atoms with van der Waals surface area (Å²) in [4.78, 5) is 13.0. The van der Waals surface area contributed by atoms with Crippen molar-refractivity contribution < 1.29 is 18.0 Å². The molecule has 1 atom stereocenters. The second-order valence-electron chi connectivity index (χ2n) is 4.75. The van der Waals surface area contributed by atoms with E-state index in [1.807, 2.05) is 11.9 Å². The number of ketones is 1. The molecular formula is C13H14F3NO. The maximum atomic E-state index is 12.7. The van der Waals surface area contributed by atoms with E-state index in [9.17, 15) is 18.0 Å². The molecule has 1 aliphatic heterocycles. The van der Waals surface area contributed by atoms with E-state index in [0.29, 0.717) is 18.5 Å². The van der Waals surface area contributed by atoms with Crippen molar-refractivity contribution in [1.29, 1.82) is 0 Å². The van der Waals surface area contributed by atoms with Crippen LogP contribution in [0.3, 0.4) is 0 Å². The molecule has 0 amide bonds. The van der Waals surface area contributed by atoms with Gasteiger partial charge in [-0.15, -0.1) is 0 Å². The predicted molar refractivity (Wildman–Crippen MR) is 62.8 cm³/mol. The topological polar surface area (TPSA) is 20.3 Å². The monoisotopic (exact) mass is 257 g/mol. The highest BCUT2D eigenvalue weighted by atomic mass is 19.4. The Morgan fingerprint density at radius 3 is 2.67 bits per heavy atom. The number of carbonyl (C=O) groups excluding carboxylic acids is 1. The van der Waals surface area contributed by atoms with Gasteiger partial charge in [-0.1, -0.05) is 0 Å². The van der Waals surface area contributed by atoms with Crippen molar-refractivity contribution >= 4 is 11.5 Å². The van der Waals surface area contributed by atoms with Gasteiger partial charge in [0.05, 0.1) is 5.56 Å². The maximum Gasteiger partial charge on any atom is 0.416 e. The fraction of sp³-hybridized carbons (Fsp3) is 0.462. The normalized spacial score (nSPS) is 18.9. The first-order valence-electron chi connectivity index (χ1n) is 5.70. The Labute approximate surface area is 103 Å². The second-order valence-corrected chi connectivity index (χ2v) is 4.75. The van der Waals surface area contributed by atoms with Gasteiger partial charge in [0.25, 0.3) is 0 Å². The number of rotatable bonds is 2. The van der Waals surface area contributed by atoms with Crippen LogP contribution >= 0.6 is 0 Å². The molecule has 0 saturated carbocycles. The number of fused-ring (bicyclic) bond motifs is 1. The van der Waals surface area contributed by atoms with Gasteiger partial charge in [0.2, 0.25) is 0 Å². The lowest BCUT2D eigenvalue weighted by molar-refractivity contribution is -0.137. The van der Waals surface area contributed by atoms with Gasteiger partial charge in [-0.3, -0.25) is 0 Å². The van der Waals surface area contributed by atoms with E-state index in [0.717, 1.165) is 11.8 Å². The molecule has 98 valence electrons. The molecule has 0 bridgehead atoms. The minimum atomic E-state index is -4.34. The molecule has 5 heteroatoms. The molecule has 0 N–H and O–H groups in total. The lowest BCUT2D eigenvalue weighted by Crippen LogP contribution is -2.16. The molecule has 0 aliphatic carbocycles. The van der Waals surface area contributed by atoms with E-state index in [4.69, 9.17) is 0 Å². The highest BCUT2D eigenvalue weighted by molar-refractivity contribution is 5.78. The molecule has 1 aromatic rings. The summed E-state index contributed by atoms with van der Waals surface area (Å²) in [6.07, 6.45) is -4.05. The zero-order chi connectivity index (χ0) is 13.5. The predicted octanol–water partition coefficient (Wildman–Crippen LogP) is 3.22. The average molecular weight is 257 g/mol. The third kappa shape index (κ3) is 2.35. The Hall–Kier alpha value is -1.52. The number of halogens is 3. The van der Waals surface area contributed by atoms with Crippen LogP contribution in [0.25, 0.3) is 0 Å². The van der Waals surface area contributed by atoms with Crippen molar-refractivity contribution in [1.82, 2.24) is 0 Å². The first kappa shape index (κ1) is 12.9. The van der Waals surface area contributed by atoms with Gasteiger partial charge in [0.15, 0.2) is 0 Å². The summed E-state index contributed by atoms with van der Waals surface area (Å²) >= 11 is 0. The van der Waals surface area contributed by atoms with Gasteiger partial charge in [-0.2, -0.15) is 13.2 Å². The Bertz CT molecular complexity index is 482. The number of hydrogen-bond donors (Lipinski definition) is 0. The molecule has 18 heavy (non-hydrogen) atoms. The Kier molecular flexibility index (Phi) is 3.09. The van der Waals surface area contributed by atoms with Crippen molar-refractivity contribution in [2.24, 2.45) is 0 Å². The first-order valence-corrected chi connectivity index (χ1v) is 5.70. The van der Waals surface area contributed by atoms with Crippen LogP contribution in [-0.2, 0) is 11.0 Å². The van der Waals surface area contributed by atoms with Gasteiger partial charge in [-0.05, 0) is 30.7 Å². The molecule has 1 aromatic carbocycles. The Balaban J connectivity index is 2.40. The van der Waals surface area contributed by atoms with E-state index < -0.39 is 11.7 Å². The minimum Gasteiger partial charge on any atom is -0.374 e. The molecule has 2 nitrogen and oxygen atoms in total. The number of alkyl halides is 3. The zero-order valence-corrected chi connectivity index (χ0v) is 10.2. The SMILES string of the molecule is CC(=O)CC1CN(C)c2ccc(C(F)(F)F)cc21. The van der Waals surface area contributed by atoms with Crippen LogP contribution in [0.5, 0.6) is 0 Å². The number of hydrogen-bond acceptors (Lipinski definition) is 2. The molecule has 0 spiro atoms. The molecule has 1 aliphatic rings. The number of likely N-dealkylation sites (N-methyl/N-ethyl adjacent to an activating group) is 1. The Morgan fingerprint density at radius 1 is 1.44 bits per heavy atom. The quantitative estimate of drug-likeness (QED) is 0.810. The number of Topliss-reactive ketones (excluding diaryl/α,β-unsaturated/α-hetero) is 1. The number of benzene rings is 1. The summed E-state index contributed by atoms with van der Waals surface area (Å²) in [6.45, 7) is 2.06. The van der Waals surface area contributed by atoms with Crippen molar-refractivity contribution in [3.8, 4) is 0 Å². The van der Waals surface area contributed by atoms with Gasteiger partial charge in [-0.25, -0.2) is 0 Å². The molecule has 1 heterocycles. The van der Waals surface area contributed by atoms with E-state index in [1.165, 1.54) is 19.1 Å². The second kappa shape index (κ2) is 4.30. The average Bonchev–Trinajstić information content (AvgIpc) is 2.53. The van der Waals surface area contributed by atoms with Crippen molar-refractivity contribution in [3.05, 3.63) is 29.3 Å². The van der Waals surface area contributed by atoms with Crippen LogP contribution in [0.15, 0.2) is 18.2 Å². The summed E-state index contributed by atoms with van der Waals surface area (Å²) in [5.41, 5.74) is 0.766. The van der Waals surface area contributed by atoms with Crippen LogP contribution in [-0.4, -0.2) is 19.4 Å². The Morgan fingerprint density at radius 2 is 2.11 bits per heavy atom. The molecule has 0 fully saturated rings. The maximum absolute atomic E-state index is 12.7. The summed E-state index contributed by atoms with van der Waals surface area (Å²) < 4.78 is 38.0. The lowest BCUT2D eigenvalue weighted by atomic mass is 9.94. The van der Waals surface area contributed by atoms with Crippen molar-refractivity contribution in [3.63, 3.8) is 0 Å². The lowest BCUT2D eigenvalue weighted by Gasteiger charge is -2.13. The molecular weight excluding hydrogens is 243 g/mol. The van der Waals surface area contributed by atoms with Crippen molar-refractivity contribution in [2.75, 3.05) is 18.5 Å². The smallest absolute Gasteiger partial charge is 0.374 e. The molecule has 0 saturated heterocycles. The largest absolute Gasteiger partial charge is 0.416 e. The van der Waals surface area contributed by atoms with Gasteiger partial charge in [0.1, 0.15) is 5.78 Å². The molecule has 1 unspecified atom stereocenters. The van der Waals surface area contributed by atoms with Crippen LogP contribution in [0.4, 0.5) is 18.9 Å². The summed E-state index contributed by atoms with van der Waals surface area (Å²) in [5, 5.41) is 0. The van der Waals surface area contributed by atoms with E-state index in [2.05, 4.69) is 0 Å². The van der Waals surface area contributed by atoms with Crippen LogP contribution in [0, 0.1) is 0 Å². The zero-order valence-electron chi connectivity index (χ0n) is 10.2. The fourth-order valence-electron chi connectivity index (χ4n) is 2.45. The van der Waals surface area contributed by atoms with E-state index >= 15 is 0 Å². The molecule has 0 aromatic heterocycles. The number of carbonyl (C=O) groups is 1. The van der Waals surface area contributed by atoms with E-state index in [1.54, 1.807) is 0 Å². The standard InChI is InChI=1S/C13H14F3NO/c1-8(18)5-9-7-17(2)12-4-3-10(6-11(9)12)13(14,15)16/h3-4,6,9H,5,7H2,1-2H3.